The summed E-state index contributed by atoms with van der Waals surface area (Å²) < 4.78 is 0. The van der Waals surface area contributed by atoms with Gasteiger partial charge in [0.15, 0.2) is 0 Å². The second-order valence-electron chi connectivity index (χ2n) is 5.07. The number of carbonyl (C=O) groups excluding carboxylic acids is 1. The van der Waals surface area contributed by atoms with Gasteiger partial charge in [0, 0.05) is 12.1 Å². The van der Waals surface area contributed by atoms with Crippen LogP contribution in [0.4, 0.5) is 5.69 Å². The van der Waals surface area contributed by atoms with Gasteiger partial charge in [0.25, 0.3) is 0 Å². The van der Waals surface area contributed by atoms with Crippen LogP contribution in [0.25, 0.3) is 0 Å². The second kappa shape index (κ2) is 6.76. The number of carboxylic acids is 1. The Labute approximate surface area is 128 Å². The zero-order valence-corrected chi connectivity index (χ0v) is 12.2. The fourth-order valence-electron chi connectivity index (χ4n) is 2.02. The van der Waals surface area contributed by atoms with Crippen LogP contribution in [0.5, 0.6) is 5.75 Å². The summed E-state index contributed by atoms with van der Waals surface area (Å²) in [5.41, 5.74) is 2.34. The molecule has 0 saturated heterocycles. The lowest BCUT2D eigenvalue weighted by atomic mass is 10.1. The van der Waals surface area contributed by atoms with Crippen molar-refractivity contribution in [2.24, 2.45) is 0 Å². The molecule has 3 N–H and O–H groups in total. The van der Waals surface area contributed by atoms with E-state index >= 15 is 0 Å². The standard InChI is InChI=1S/C17H17NO4/c1-11-2-4-12(5-3-11)6-9-16(20)18-13-7-8-15(19)14(10-13)17(21)22/h2-5,7-8,10,19H,6,9H2,1H3,(H,18,20)(H,21,22). The van der Waals surface area contributed by atoms with Gasteiger partial charge in [0.05, 0.1) is 0 Å². The van der Waals surface area contributed by atoms with E-state index in [4.69, 9.17) is 5.11 Å². The molecule has 22 heavy (non-hydrogen) atoms. The van der Waals surface area contributed by atoms with E-state index in [0.29, 0.717) is 18.5 Å². The zero-order valence-electron chi connectivity index (χ0n) is 12.2. The molecule has 0 fully saturated rings. The number of hydrogen-bond donors (Lipinski definition) is 3. The van der Waals surface area contributed by atoms with E-state index in [9.17, 15) is 14.7 Å². The van der Waals surface area contributed by atoms with Gasteiger partial charge in [0.2, 0.25) is 5.91 Å². The van der Waals surface area contributed by atoms with Gasteiger partial charge in [-0.3, -0.25) is 4.79 Å². The molecule has 1 amide bonds. The highest BCUT2D eigenvalue weighted by molar-refractivity contribution is 5.95. The molecule has 0 unspecified atom stereocenters. The van der Waals surface area contributed by atoms with E-state index in [1.807, 2.05) is 31.2 Å². The van der Waals surface area contributed by atoms with E-state index in [0.717, 1.165) is 5.56 Å². The summed E-state index contributed by atoms with van der Waals surface area (Å²) in [5.74, 6) is -1.78. The first-order valence-corrected chi connectivity index (χ1v) is 6.87. The first-order valence-electron chi connectivity index (χ1n) is 6.87. The highest BCUT2D eigenvalue weighted by Crippen LogP contribution is 2.21. The minimum atomic E-state index is -1.24. The number of anilines is 1. The predicted octanol–water partition coefficient (Wildman–Crippen LogP) is 2.97. The third-order valence-electron chi connectivity index (χ3n) is 3.27. The van der Waals surface area contributed by atoms with Crippen LogP contribution >= 0.6 is 0 Å². The predicted molar refractivity (Wildman–Crippen MR) is 83.2 cm³/mol. The Morgan fingerprint density at radius 3 is 2.41 bits per heavy atom. The lowest BCUT2D eigenvalue weighted by Crippen LogP contribution is -2.13. The number of rotatable bonds is 5. The van der Waals surface area contributed by atoms with Crippen LogP contribution in [0.2, 0.25) is 0 Å². The molecular weight excluding hydrogens is 282 g/mol. The molecule has 0 aromatic heterocycles. The summed E-state index contributed by atoms with van der Waals surface area (Å²) in [7, 11) is 0. The van der Waals surface area contributed by atoms with Gasteiger partial charge in [-0.05, 0) is 37.1 Å². The largest absolute Gasteiger partial charge is 0.507 e. The van der Waals surface area contributed by atoms with Crippen molar-refractivity contribution in [3.63, 3.8) is 0 Å². The number of phenols is 1. The highest BCUT2D eigenvalue weighted by Gasteiger charge is 2.11. The van der Waals surface area contributed by atoms with E-state index in [-0.39, 0.29) is 17.2 Å². The minimum Gasteiger partial charge on any atom is -0.507 e. The lowest BCUT2D eigenvalue weighted by molar-refractivity contribution is -0.116. The fraction of sp³-hybridized carbons (Fsp3) is 0.176. The van der Waals surface area contributed by atoms with Crippen molar-refractivity contribution < 1.29 is 19.8 Å². The summed E-state index contributed by atoms with van der Waals surface area (Å²) in [6.45, 7) is 2.00. The molecule has 5 heteroatoms. The van der Waals surface area contributed by atoms with Crippen LogP contribution in [0.1, 0.15) is 27.9 Å². The quantitative estimate of drug-likeness (QED) is 0.741. The maximum absolute atomic E-state index is 11.9. The van der Waals surface area contributed by atoms with Crippen molar-refractivity contribution in [1.29, 1.82) is 0 Å². The number of aromatic hydroxyl groups is 1. The van der Waals surface area contributed by atoms with Crippen molar-refractivity contribution in [1.82, 2.24) is 0 Å². The summed E-state index contributed by atoms with van der Waals surface area (Å²) >= 11 is 0. The number of benzene rings is 2. The van der Waals surface area contributed by atoms with Crippen LogP contribution in [-0.2, 0) is 11.2 Å². The third-order valence-corrected chi connectivity index (χ3v) is 3.27. The van der Waals surface area contributed by atoms with Gasteiger partial charge >= 0.3 is 5.97 Å². The first kappa shape index (κ1) is 15.6. The van der Waals surface area contributed by atoms with E-state index < -0.39 is 5.97 Å². The molecule has 0 radical (unpaired) electrons. The maximum atomic E-state index is 11.9. The number of aromatic carboxylic acids is 1. The van der Waals surface area contributed by atoms with Crippen LogP contribution < -0.4 is 5.32 Å². The van der Waals surface area contributed by atoms with Gasteiger partial charge < -0.3 is 15.5 Å². The van der Waals surface area contributed by atoms with Crippen LogP contribution in [-0.4, -0.2) is 22.1 Å². The minimum absolute atomic E-state index is 0.206. The van der Waals surface area contributed by atoms with Gasteiger partial charge in [-0.2, -0.15) is 0 Å². The Kier molecular flexibility index (Phi) is 4.78. The van der Waals surface area contributed by atoms with E-state index in [1.165, 1.54) is 23.8 Å². The van der Waals surface area contributed by atoms with Crippen LogP contribution in [0, 0.1) is 6.92 Å². The average Bonchev–Trinajstić information content (AvgIpc) is 2.48. The molecule has 0 aliphatic carbocycles. The average molecular weight is 299 g/mol. The fourth-order valence-corrected chi connectivity index (χ4v) is 2.02. The number of carboxylic acid groups (broad SMARTS) is 1. The Morgan fingerprint density at radius 2 is 1.77 bits per heavy atom. The summed E-state index contributed by atoms with van der Waals surface area (Å²) in [6, 6.07) is 11.9. The molecule has 5 nitrogen and oxygen atoms in total. The van der Waals surface area contributed by atoms with Crippen molar-refractivity contribution in [2.75, 3.05) is 5.32 Å². The monoisotopic (exact) mass is 299 g/mol. The normalized spacial score (nSPS) is 10.2. The third kappa shape index (κ3) is 4.09. The van der Waals surface area contributed by atoms with Crippen molar-refractivity contribution in [2.45, 2.75) is 19.8 Å². The van der Waals surface area contributed by atoms with Crippen molar-refractivity contribution >= 4 is 17.6 Å². The Morgan fingerprint density at radius 1 is 1.09 bits per heavy atom. The van der Waals surface area contributed by atoms with Gasteiger partial charge in [-0.15, -0.1) is 0 Å². The molecular formula is C17H17NO4. The molecule has 0 spiro atoms. The molecule has 2 aromatic rings. The topological polar surface area (TPSA) is 86.6 Å². The summed E-state index contributed by atoms with van der Waals surface area (Å²) in [4.78, 5) is 22.8. The first-order chi connectivity index (χ1) is 10.5. The molecule has 2 aromatic carbocycles. The molecule has 114 valence electrons. The SMILES string of the molecule is Cc1ccc(CCC(=O)Nc2ccc(O)c(C(=O)O)c2)cc1. The number of carbonyl (C=O) groups is 2. The molecule has 0 atom stereocenters. The van der Waals surface area contributed by atoms with Gasteiger partial charge in [0.1, 0.15) is 11.3 Å². The summed E-state index contributed by atoms with van der Waals surface area (Å²) in [5, 5.41) is 21.0. The highest BCUT2D eigenvalue weighted by atomic mass is 16.4. The molecule has 0 aliphatic heterocycles. The van der Waals surface area contributed by atoms with E-state index in [2.05, 4.69) is 5.32 Å². The number of nitrogens with one attached hydrogen (secondary N) is 1. The van der Waals surface area contributed by atoms with Crippen LogP contribution in [0.3, 0.4) is 0 Å². The van der Waals surface area contributed by atoms with Crippen molar-refractivity contribution in [3.8, 4) is 5.75 Å². The zero-order chi connectivity index (χ0) is 16.1. The maximum Gasteiger partial charge on any atom is 0.339 e. The molecule has 0 aliphatic rings. The Balaban J connectivity index is 1.96. The lowest BCUT2D eigenvalue weighted by Gasteiger charge is -2.07. The van der Waals surface area contributed by atoms with Crippen molar-refractivity contribution in [3.05, 3.63) is 59.2 Å². The van der Waals surface area contributed by atoms with E-state index in [1.54, 1.807) is 0 Å². The van der Waals surface area contributed by atoms with Gasteiger partial charge in [-0.1, -0.05) is 29.8 Å². The second-order valence-corrected chi connectivity index (χ2v) is 5.07. The number of hydrogen-bond acceptors (Lipinski definition) is 3. The number of aryl methyl sites for hydroxylation is 2. The number of amides is 1. The molecule has 0 bridgehead atoms. The smallest absolute Gasteiger partial charge is 0.339 e. The molecule has 0 heterocycles. The molecule has 2 rings (SSSR count). The van der Waals surface area contributed by atoms with Gasteiger partial charge in [-0.25, -0.2) is 4.79 Å². The summed E-state index contributed by atoms with van der Waals surface area (Å²) in [6.07, 6.45) is 0.905. The Bertz CT molecular complexity index is 692. The van der Waals surface area contributed by atoms with Crippen LogP contribution in [0.15, 0.2) is 42.5 Å². The molecule has 0 saturated carbocycles. The Hall–Kier alpha value is -2.82.